The second-order valence-corrected chi connectivity index (χ2v) is 6.27. The van der Waals surface area contributed by atoms with Gasteiger partial charge in [0, 0.05) is 10.5 Å². The normalized spacial score (nSPS) is 22.4. The Morgan fingerprint density at radius 2 is 2.18 bits per heavy atom. The largest absolute Gasteiger partial charge is 0.241 e. The molecule has 1 nitrogen and oxygen atoms in total. The molecule has 1 atom stereocenters. The summed E-state index contributed by atoms with van der Waals surface area (Å²) in [5.41, 5.74) is 2.57. The molecule has 90 valence electrons. The summed E-state index contributed by atoms with van der Waals surface area (Å²) in [5, 5.41) is 1.11. The van der Waals surface area contributed by atoms with Crippen molar-refractivity contribution in [3.8, 4) is 0 Å². The molecule has 0 amide bonds. The number of thiazole rings is 1. The van der Waals surface area contributed by atoms with E-state index in [1.807, 2.05) is 13.0 Å². The van der Waals surface area contributed by atoms with E-state index >= 15 is 0 Å². The Morgan fingerprint density at radius 3 is 2.71 bits per heavy atom. The zero-order valence-corrected chi connectivity index (χ0v) is 11.8. The molecule has 1 heterocycles. The molecule has 0 aromatic carbocycles. The van der Waals surface area contributed by atoms with Gasteiger partial charge in [-0.25, -0.2) is 4.98 Å². The molecule has 17 heavy (non-hydrogen) atoms. The fraction of sp³-hybridized carbons (Fsp3) is 0.400. The number of hydrogen-bond donors (Lipinski definition) is 0. The lowest BCUT2D eigenvalue weighted by Crippen LogP contribution is -2.19. The number of aromatic nitrogens is 1. The molecular formula is C15H19NS. The Balaban J connectivity index is 2.36. The van der Waals surface area contributed by atoms with Crippen LogP contribution in [0.5, 0.6) is 0 Å². The maximum Gasteiger partial charge on any atom is 0.123 e. The van der Waals surface area contributed by atoms with Crippen molar-refractivity contribution < 1.29 is 0 Å². The first-order valence-corrected chi connectivity index (χ1v) is 6.77. The molecule has 1 aliphatic rings. The Morgan fingerprint density at radius 1 is 1.47 bits per heavy atom. The third-order valence-corrected chi connectivity index (χ3v) is 4.76. The van der Waals surface area contributed by atoms with E-state index in [1.54, 1.807) is 11.3 Å². The van der Waals surface area contributed by atoms with Crippen molar-refractivity contribution in [2.45, 2.75) is 27.7 Å². The SMILES string of the molecule is C=Cc1sc(C2=CC(C)C(C)(C)C=C2)nc1C. The van der Waals surface area contributed by atoms with Crippen molar-refractivity contribution in [1.29, 1.82) is 0 Å². The quantitative estimate of drug-likeness (QED) is 0.735. The summed E-state index contributed by atoms with van der Waals surface area (Å²) in [5.74, 6) is 0.541. The van der Waals surface area contributed by atoms with Gasteiger partial charge in [0.15, 0.2) is 0 Å². The average Bonchev–Trinajstić information content (AvgIpc) is 2.64. The van der Waals surface area contributed by atoms with Gasteiger partial charge >= 0.3 is 0 Å². The molecular weight excluding hydrogens is 226 g/mol. The van der Waals surface area contributed by atoms with Gasteiger partial charge in [-0.05, 0) is 18.3 Å². The first-order valence-electron chi connectivity index (χ1n) is 5.95. The van der Waals surface area contributed by atoms with Crippen LogP contribution < -0.4 is 0 Å². The number of rotatable bonds is 2. The van der Waals surface area contributed by atoms with Gasteiger partial charge in [0.05, 0.1) is 5.69 Å². The van der Waals surface area contributed by atoms with Crippen LogP contribution in [-0.4, -0.2) is 4.98 Å². The third kappa shape index (κ3) is 2.27. The zero-order valence-electron chi connectivity index (χ0n) is 10.9. The molecule has 0 N–H and O–H groups in total. The molecule has 0 saturated carbocycles. The summed E-state index contributed by atoms with van der Waals surface area (Å²) in [7, 11) is 0. The fourth-order valence-corrected chi connectivity index (χ4v) is 2.78. The van der Waals surface area contributed by atoms with E-state index < -0.39 is 0 Å². The van der Waals surface area contributed by atoms with Crippen LogP contribution >= 0.6 is 11.3 Å². The Kier molecular flexibility index (Phi) is 3.09. The van der Waals surface area contributed by atoms with Gasteiger partial charge < -0.3 is 0 Å². The first kappa shape index (κ1) is 12.3. The van der Waals surface area contributed by atoms with Crippen molar-refractivity contribution >= 4 is 23.0 Å². The molecule has 1 unspecified atom stereocenters. The fourth-order valence-electron chi connectivity index (χ4n) is 1.86. The lowest BCUT2D eigenvalue weighted by Gasteiger charge is -2.29. The lowest BCUT2D eigenvalue weighted by atomic mass is 9.76. The maximum absolute atomic E-state index is 4.62. The third-order valence-electron chi connectivity index (χ3n) is 3.56. The highest BCUT2D eigenvalue weighted by Crippen LogP contribution is 2.38. The number of allylic oxidation sites excluding steroid dienone is 4. The molecule has 0 fully saturated rings. The predicted molar refractivity (Wildman–Crippen MR) is 77.0 cm³/mol. The number of hydrogen-bond acceptors (Lipinski definition) is 2. The number of aryl methyl sites for hydroxylation is 1. The molecule has 0 radical (unpaired) electrons. The molecule has 1 aromatic rings. The Hall–Kier alpha value is -1.15. The minimum absolute atomic E-state index is 0.247. The maximum atomic E-state index is 4.62. The molecule has 0 bridgehead atoms. The standard InChI is InChI=1S/C15H19NS/c1-6-13-11(3)16-14(17-13)12-7-8-15(4,5)10(2)9-12/h6-10H,1H2,2-5H3. The van der Waals surface area contributed by atoms with Crippen molar-refractivity contribution in [2.75, 3.05) is 0 Å². The summed E-state index contributed by atoms with van der Waals surface area (Å²) in [4.78, 5) is 5.79. The van der Waals surface area contributed by atoms with Crippen LogP contribution in [0.25, 0.3) is 11.6 Å². The van der Waals surface area contributed by atoms with E-state index in [-0.39, 0.29) is 5.41 Å². The minimum Gasteiger partial charge on any atom is -0.241 e. The van der Waals surface area contributed by atoms with E-state index in [2.05, 4.69) is 50.6 Å². The van der Waals surface area contributed by atoms with E-state index in [9.17, 15) is 0 Å². The van der Waals surface area contributed by atoms with Crippen LogP contribution in [0.15, 0.2) is 24.8 Å². The van der Waals surface area contributed by atoms with E-state index in [1.165, 1.54) is 10.5 Å². The van der Waals surface area contributed by atoms with Crippen molar-refractivity contribution in [3.05, 3.63) is 40.4 Å². The molecule has 0 spiro atoms. The van der Waals surface area contributed by atoms with Gasteiger partial charge in [-0.15, -0.1) is 11.3 Å². The molecule has 2 rings (SSSR count). The van der Waals surface area contributed by atoms with Gasteiger partial charge in [-0.2, -0.15) is 0 Å². The predicted octanol–water partition coefficient (Wildman–Crippen LogP) is 4.71. The Labute approximate surface area is 108 Å². The summed E-state index contributed by atoms with van der Waals surface area (Å²) in [6.07, 6.45) is 8.70. The summed E-state index contributed by atoms with van der Waals surface area (Å²) < 4.78 is 0. The zero-order chi connectivity index (χ0) is 12.6. The van der Waals surface area contributed by atoms with Crippen molar-refractivity contribution in [1.82, 2.24) is 4.98 Å². The highest BCUT2D eigenvalue weighted by molar-refractivity contribution is 7.13. The summed E-state index contributed by atoms with van der Waals surface area (Å²) in [6, 6.07) is 0. The van der Waals surface area contributed by atoms with Gasteiger partial charge in [-0.1, -0.05) is 51.7 Å². The van der Waals surface area contributed by atoms with Gasteiger partial charge in [-0.3, -0.25) is 0 Å². The minimum atomic E-state index is 0.247. The van der Waals surface area contributed by atoms with Crippen LogP contribution in [-0.2, 0) is 0 Å². The first-order chi connectivity index (χ1) is 7.94. The van der Waals surface area contributed by atoms with Crippen LogP contribution in [0.2, 0.25) is 0 Å². The smallest absolute Gasteiger partial charge is 0.123 e. The van der Waals surface area contributed by atoms with Crippen LogP contribution in [0.1, 0.15) is 36.3 Å². The van der Waals surface area contributed by atoms with Crippen LogP contribution in [0.4, 0.5) is 0 Å². The topological polar surface area (TPSA) is 12.9 Å². The second-order valence-electron chi connectivity index (χ2n) is 5.24. The van der Waals surface area contributed by atoms with E-state index in [0.29, 0.717) is 5.92 Å². The molecule has 1 aliphatic carbocycles. The van der Waals surface area contributed by atoms with Crippen LogP contribution in [0, 0.1) is 18.3 Å². The summed E-state index contributed by atoms with van der Waals surface area (Å²) in [6.45, 7) is 12.7. The summed E-state index contributed by atoms with van der Waals surface area (Å²) >= 11 is 1.72. The van der Waals surface area contributed by atoms with Crippen LogP contribution in [0.3, 0.4) is 0 Å². The van der Waals surface area contributed by atoms with Gasteiger partial charge in [0.1, 0.15) is 5.01 Å². The highest BCUT2D eigenvalue weighted by Gasteiger charge is 2.25. The second kappa shape index (κ2) is 4.26. The van der Waals surface area contributed by atoms with Crippen molar-refractivity contribution in [2.24, 2.45) is 11.3 Å². The molecule has 1 aromatic heterocycles. The molecule has 2 heteroatoms. The highest BCUT2D eigenvalue weighted by atomic mass is 32.1. The van der Waals surface area contributed by atoms with E-state index in [4.69, 9.17) is 0 Å². The van der Waals surface area contributed by atoms with E-state index in [0.717, 1.165) is 10.7 Å². The van der Waals surface area contributed by atoms with Crippen molar-refractivity contribution in [3.63, 3.8) is 0 Å². The van der Waals surface area contributed by atoms with Gasteiger partial charge in [0.2, 0.25) is 0 Å². The molecule has 0 aliphatic heterocycles. The Bertz CT molecular complexity index is 503. The number of nitrogens with zero attached hydrogens (tertiary/aromatic N) is 1. The monoisotopic (exact) mass is 245 g/mol. The molecule has 0 saturated heterocycles. The average molecular weight is 245 g/mol. The van der Waals surface area contributed by atoms with Gasteiger partial charge in [0.25, 0.3) is 0 Å². The lowest BCUT2D eigenvalue weighted by molar-refractivity contribution is 0.365.